The smallest absolute Gasteiger partial charge is 0.154 e. The summed E-state index contributed by atoms with van der Waals surface area (Å²) in [7, 11) is -2.93. The summed E-state index contributed by atoms with van der Waals surface area (Å²) in [6, 6.07) is 0.180. The highest BCUT2D eigenvalue weighted by Crippen LogP contribution is 2.31. The van der Waals surface area contributed by atoms with Crippen molar-refractivity contribution < 1.29 is 8.42 Å². The van der Waals surface area contributed by atoms with Crippen LogP contribution in [0, 0.1) is 5.92 Å². The maximum Gasteiger partial charge on any atom is 0.154 e. The molecule has 3 unspecified atom stereocenters. The SMILES string of the molecule is CCCCCS(=O)(=O)C1CC(CC)CCC1NCC. The Balaban J connectivity index is 2.71. The first-order chi connectivity index (χ1) is 9.05. The second kappa shape index (κ2) is 8.25. The van der Waals surface area contributed by atoms with Gasteiger partial charge in [0, 0.05) is 6.04 Å². The number of hydrogen-bond donors (Lipinski definition) is 1. The van der Waals surface area contributed by atoms with Gasteiger partial charge >= 0.3 is 0 Å². The normalized spacial score (nSPS) is 28.5. The van der Waals surface area contributed by atoms with E-state index in [1.807, 2.05) is 0 Å². The number of hydrogen-bond acceptors (Lipinski definition) is 3. The van der Waals surface area contributed by atoms with Crippen molar-refractivity contribution in [3.05, 3.63) is 0 Å². The molecule has 0 heterocycles. The van der Waals surface area contributed by atoms with Gasteiger partial charge in [0.1, 0.15) is 0 Å². The Morgan fingerprint density at radius 2 is 1.84 bits per heavy atom. The lowest BCUT2D eigenvalue weighted by atomic mass is 9.84. The largest absolute Gasteiger partial charge is 0.313 e. The van der Waals surface area contributed by atoms with Crippen molar-refractivity contribution in [3.8, 4) is 0 Å². The third-order valence-electron chi connectivity index (χ3n) is 4.44. The molecule has 0 aliphatic heterocycles. The fourth-order valence-electron chi connectivity index (χ4n) is 3.18. The average molecular weight is 289 g/mol. The maximum absolute atomic E-state index is 12.6. The lowest BCUT2D eigenvalue weighted by Gasteiger charge is -2.36. The van der Waals surface area contributed by atoms with Gasteiger partial charge in [-0.05, 0) is 38.1 Å². The molecule has 0 bridgehead atoms. The van der Waals surface area contributed by atoms with Gasteiger partial charge in [0.05, 0.1) is 11.0 Å². The zero-order chi connectivity index (χ0) is 14.3. The van der Waals surface area contributed by atoms with Crippen LogP contribution in [0.4, 0.5) is 0 Å². The fraction of sp³-hybridized carbons (Fsp3) is 1.00. The third kappa shape index (κ3) is 5.07. The summed E-state index contributed by atoms with van der Waals surface area (Å²) in [4.78, 5) is 0. The van der Waals surface area contributed by atoms with Crippen LogP contribution >= 0.6 is 0 Å². The molecule has 0 spiro atoms. The molecule has 1 aliphatic carbocycles. The third-order valence-corrected chi connectivity index (χ3v) is 6.74. The second-order valence-corrected chi connectivity index (χ2v) is 8.20. The van der Waals surface area contributed by atoms with E-state index in [1.54, 1.807) is 0 Å². The molecule has 1 fully saturated rings. The lowest BCUT2D eigenvalue weighted by molar-refractivity contribution is 0.290. The lowest BCUT2D eigenvalue weighted by Crippen LogP contribution is -2.48. The first kappa shape index (κ1) is 17.0. The Labute approximate surface area is 119 Å². The molecule has 0 aromatic heterocycles. The number of rotatable bonds is 8. The van der Waals surface area contributed by atoms with E-state index in [9.17, 15) is 8.42 Å². The first-order valence-corrected chi connectivity index (χ1v) is 9.71. The fourth-order valence-corrected chi connectivity index (χ4v) is 5.39. The van der Waals surface area contributed by atoms with Crippen LogP contribution in [-0.2, 0) is 9.84 Å². The molecule has 1 N–H and O–H groups in total. The predicted octanol–water partition coefficient (Wildman–Crippen LogP) is 3.15. The summed E-state index contributed by atoms with van der Waals surface area (Å²) >= 11 is 0. The summed E-state index contributed by atoms with van der Waals surface area (Å²) < 4.78 is 25.1. The van der Waals surface area contributed by atoms with Crippen molar-refractivity contribution in [2.75, 3.05) is 12.3 Å². The average Bonchev–Trinajstić information content (AvgIpc) is 2.39. The van der Waals surface area contributed by atoms with Gasteiger partial charge in [0.25, 0.3) is 0 Å². The quantitative estimate of drug-likeness (QED) is 0.698. The van der Waals surface area contributed by atoms with Crippen molar-refractivity contribution in [1.82, 2.24) is 5.32 Å². The van der Waals surface area contributed by atoms with E-state index in [0.717, 1.165) is 45.1 Å². The number of unbranched alkanes of at least 4 members (excludes halogenated alkanes) is 2. The van der Waals surface area contributed by atoms with Crippen LogP contribution in [-0.4, -0.2) is 32.0 Å². The zero-order valence-corrected chi connectivity index (χ0v) is 13.6. The number of nitrogens with one attached hydrogen (secondary N) is 1. The summed E-state index contributed by atoms with van der Waals surface area (Å²) in [6.45, 7) is 7.22. The van der Waals surface area contributed by atoms with Crippen LogP contribution in [0.2, 0.25) is 0 Å². The summed E-state index contributed by atoms with van der Waals surface area (Å²) in [5.74, 6) is 0.977. The van der Waals surface area contributed by atoms with Gasteiger partial charge in [-0.25, -0.2) is 8.42 Å². The highest BCUT2D eigenvalue weighted by molar-refractivity contribution is 7.92. The molecule has 1 saturated carbocycles. The van der Waals surface area contributed by atoms with Crippen LogP contribution in [0.3, 0.4) is 0 Å². The predicted molar refractivity (Wildman–Crippen MR) is 82.2 cm³/mol. The van der Waals surface area contributed by atoms with E-state index >= 15 is 0 Å². The van der Waals surface area contributed by atoms with Crippen LogP contribution in [0.1, 0.15) is 65.7 Å². The Kier molecular flexibility index (Phi) is 7.37. The number of sulfone groups is 1. The van der Waals surface area contributed by atoms with Gasteiger partial charge in [0.2, 0.25) is 0 Å². The molecule has 0 saturated heterocycles. The summed E-state index contributed by atoms with van der Waals surface area (Å²) in [6.07, 6.45) is 7.09. The van der Waals surface area contributed by atoms with Gasteiger partial charge in [-0.3, -0.25) is 0 Å². The van der Waals surface area contributed by atoms with E-state index in [-0.39, 0.29) is 11.3 Å². The monoisotopic (exact) mass is 289 g/mol. The van der Waals surface area contributed by atoms with Gasteiger partial charge < -0.3 is 5.32 Å². The standard InChI is InChI=1S/C15H31NO2S/c1-4-7-8-11-19(17,18)15-12-13(5-2)9-10-14(15)16-6-3/h13-16H,4-12H2,1-3H3. The molecule has 3 nitrogen and oxygen atoms in total. The summed E-state index contributed by atoms with van der Waals surface area (Å²) in [5.41, 5.74) is 0. The van der Waals surface area contributed by atoms with E-state index in [1.165, 1.54) is 6.42 Å². The molecular formula is C15H31NO2S. The minimum absolute atomic E-state index is 0.150. The first-order valence-electron chi connectivity index (χ1n) is 8.00. The minimum atomic E-state index is -2.93. The Morgan fingerprint density at radius 3 is 2.42 bits per heavy atom. The molecule has 0 amide bonds. The van der Waals surface area contributed by atoms with Gasteiger partial charge in [-0.2, -0.15) is 0 Å². The van der Waals surface area contributed by atoms with Crippen molar-refractivity contribution in [1.29, 1.82) is 0 Å². The highest BCUT2D eigenvalue weighted by atomic mass is 32.2. The molecule has 0 radical (unpaired) electrons. The second-order valence-electron chi connectivity index (χ2n) is 5.86. The molecule has 1 aliphatic rings. The van der Waals surface area contributed by atoms with Crippen LogP contribution in [0.5, 0.6) is 0 Å². The topological polar surface area (TPSA) is 46.2 Å². The molecule has 0 aromatic rings. The van der Waals surface area contributed by atoms with Crippen LogP contribution in [0.25, 0.3) is 0 Å². The van der Waals surface area contributed by atoms with E-state index < -0.39 is 9.84 Å². The van der Waals surface area contributed by atoms with Crippen LogP contribution < -0.4 is 5.32 Å². The molecule has 0 aromatic carbocycles. The van der Waals surface area contributed by atoms with Gasteiger partial charge in [0.15, 0.2) is 9.84 Å². The molecule has 114 valence electrons. The summed E-state index contributed by atoms with van der Waals surface area (Å²) in [5, 5.41) is 3.25. The van der Waals surface area contributed by atoms with Crippen LogP contribution in [0.15, 0.2) is 0 Å². The van der Waals surface area contributed by atoms with Gasteiger partial charge in [-0.1, -0.05) is 40.0 Å². The molecule has 3 atom stereocenters. The minimum Gasteiger partial charge on any atom is -0.313 e. The van der Waals surface area contributed by atoms with E-state index in [2.05, 4.69) is 26.1 Å². The van der Waals surface area contributed by atoms with Crippen molar-refractivity contribution in [2.45, 2.75) is 77.0 Å². The van der Waals surface area contributed by atoms with Crippen molar-refractivity contribution in [3.63, 3.8) is 0 Å². The maximum atomic E-state index is 12.6. The van der Waals surface area contributed by atoms with E-state index in [4.69, 9.17) is 0 Å². The molecule has 1 rings (SSSR count). The Bertz CT molecular complexity index is 340. The Morgan fingerprint density at radius 1 is 1.11 bits per heavy atom. The van der Waals surface area contributed by atoms with E-state index in [0.29, 0.717) is 11.7 Å². The molecule has 4 heteroatoms. The van der Waals surface area contributed by atoms with Crippen molar-refractivity contribution >= 4 is 9.84 Å². The Hall–Kier alpha value is -0.0900. The highest BCUT2D eigenvalue weighted by Gasteiger charge is 2.37. The van der Waals surface area contributed by atoms with Gasteiger partial charge in [-0.15, -0.1) is 0 Å². The van der Waals surface area contributed by atoms with Crippen molar-refractivity contribution in [2.24, 2.45) is 5.92 Å². The zero-order valence-electron chi connectivity index (χ0n) is 12.8. The molecular weight excluding hydrogens is 258 g/mol. The molecule has 19 heavy (non-hydrogen) atoms.